The molecule has 1 aliphatic rings. The molecule has 1 fully saturated rings. The smallest absolute Gasteiger partial charge is 0.267 e. The molecule has 0 saturated carbocycles. The summed E-state index contributed by atoms with van der Waals surface area (Å²) < 4.78 is 0. The highest BCUT2D eigenvalue weighted by molar-refractivity contribution is 5.97. The van der Waals surface area contributed by atoms with Gasteiger partial charge in [0.25, 0.3) is 11.8 Å². The first kappa shape index (κ1) is 24.9. The van der Waals surface area contributed by atoms with Gasteiger partial charge >= 0.3 is 0 Å². The van der Waals surface area contributed by atoms with E-state index in [1.807, 2.05) is 42.3 Å². The van der Waals surface area contributed by atoms with Crippen LogP contribution in [-0.2, 0) is 9.59 Å². The number of amides is 3. The third-order valence-electron chi connectivity index (χ3n) is 5.47. The van der Waals surface area contributed by atoms with Crippen molar-refractivity contribution in [1.82, 2.24) is 25.9 Å². The molecule has 3 rings (SSSR count). The Morgan fingerprint density at radius 1 is 0.941 bits per heavy atom. The number of benzene rings is 2. The van der Waals surface area contributed by atoms with Crippen LogP contribution in [0.2, 0.25) is 0 Å². The third-order valence-corrected chi connectivity index (χ3v) is 5.47. The molecule has 0 aliphatic carbocycles. The maximum absolute atomic E-state index is 12.6. The number of hydrogen-bond donors (Lipinski definition) is 4. The predicted octanol–water partition coefficient (Wildman–Crippen LogP) is 0.0538. The molecule has 0 bridgehead atoms. The van der Waals surface area contributed by atoms with Gasteiger partial charge in [0, 0.05) is 49.4 Å². The summed E-state index contributed by atoms with van der Waals surface area (Å²) in [7, 11) is 2.03. The first-order valence-electron chi connectivity index (χ1n) is 11.0. The second-order valence-electron chi connectivity index (χ2n) is 8.08. The molecule has 9 heteroatoms. The molecule has 1 atom stereocenters. The predicted molar refractivity (Wildman–Crippen MR) is 127 cm³/mol. The summed E-state index contributed by atoms with van der Waals surface area (Å²) in [5, 5.41) is 14.2. The van der Waals surface area contributed by atoms with Crippen LogP contribution < -0.4 is 16.1 Å². The highest BCUT2D eigenvalue weighted by atomic mass is 16.5. The van der Waals surface area contributed by atoms with Crippen LogP contribution >= 0.6 is 0 Å². The number of hydrogen-bond acceptors (Lipinski definition) is 6. The van der Waals surface area contributed by atoms with Crippen molar-refractivity contribution < 1.29 is 19.6 Å². The zero-order valence-corrected chi connectivity index (χ0v) is 19.1. The Hall–Kier alpha value is -3.71. The van der Waals surface area contributed by atoms with E-state index < -0.39 is 17.9 Å². The van der Waals surface area contributed by atoms with E-state index in [4.69, 9.17) is 5.21 Å². The van der Waals surface area contributed by atoms with Gasteiger partial charge in [0.15, 0.2) is 0 Å². The molecule has 4 N–H and O–H groups in total. The number of nitrogens with zero attached hydrogens (tertiary/aromatic N) is 2. The van der Waals surface area contributed by atoms with E-state index in [1.54, 1.807) is 24.3 Å². The number of carbonyl (C=O) groups is 3. The Bertz CT molecular complexity index is 1040. The Morgan fingerprint density at radius 3 is 2.18 bits per heavy atom. The highest BCUT2D eigenvalue weighted by Crippen LogP contribution is 2.05. The largest absolute Gasteiger partial charge is 0.352 e. The fraction of sp³-hybridized carbons (Fsp3) is 0.320. The minimum Gasteiger partial charge on any atom is -0.352 e. The van der Waals surface area contributed by atoms with Gasteiger partial charge in [0.1, 0.15) is 6.04 Å². The van der Waals surface area contributed by atoms with Gasteiger partial charge in [-0.25, -0.2) is 5.48 Å². The average molecular weight is 464 g/mol. The maximum atomic E-state index is 12.6. The van der Waals surface area contributed by atoms with Crippen LogP contribution in [0.3, 0.4) is 0 Å². The zero-order valence-electron chi connectivity index (χ0n) is 19.1. The van der Waals surface area contributed by atoms with E-state index in [0.29, 0.717) is 5.56 Å². The van der Waals surface area contributed by atoms with Gasteiger partial charge in [-0.3, -0.25) is 24.5 Å². The van der Waals surface area contributed by atoms with Crippen molar-refractivity contribution >= 4 is 17.7 Å². The van der Waals surface area contributed by atoms with Gasteiger partial charge in [-0.2, -0.15) is 0 Å². The quantitative estimate of drug-likeness (QED) is 0.262. The van der Waals surface area contributed by atoms with Crippen molar-refractivity contribution in [2.24, 2.45) is 0 Å². The lowest BCUT2D eigenvalue weighted by molar-refractivity contribution is -0.131. The van der Waals surface area contributed by atoms with E-state index in [0.717, 1.165) is 37.3 Å². The van der Waals surface area contributed by atoms with Crippen LogP contribution in [0.4, 0.5) is 0 Å². The molecule has 178 valence electrons. The molecule has 0 radical (unpaired) electrons. The minimum atomic E-state index is -1.13. The van der Waals surface area contributed by atoms with Crippen molar-refractivity contribution in [3.8, 4) is 11.8 Å². The SMILES string of the molecule is CN1CCN(CC(=O)NC[C@H](NC(=O)c2ccc(C#Cc3ccccc3)cc2)C(=O)NO)CC1. The average Bonchev–Trinajstić information content (AvgIpc) is 2.87. The molecule has 1 aliphatic heterocycles. The lowest BCUT2D eigenvalue weighted by atomic mass is 10.1. The molecule has 0 unspecified atom stereocenters. The standard InChI is InChI=1S/C25H29N5O4/c1-29-13-15-30(16-14-29)18-23(31)26-17-22(25(33)28-34)27-24(32)21-11-9-20(10-12-21)8-7-19-5-3-2-4-6-19/h2-6,9-12,22,34H,13-18H2,1H3,(H,26,31)(H,27,32)(H,28,33)/t22-/m0/s1. The summed E-state index contributed by atoms with van der Waals surface area (Å²) in [4.78, 5) is 41.1. The number of hydroxylamine groups is 1. The van der Waals surface area contributed by atoms with E-state index >= 15 is 0 Å². The lowest BCUT2D eigenvalue weighted by Crippen LogP contribution is -2.54. The third kappa shape index (κ3) is 7.71. The fourth-order valence-electron chi connectivity index (χ4n) is 3.38. The van der Waals surface area contributed by atoms with Crippen molar-refractivity contribution in [2.75, 3.05) is 46.3 Å². The monoisotopic (exact) mass is 463 g/mol. The number of piperazine rings is 1. The van der Waals surface area contributed by atoms with Crippen molar-refractivity contribution in [2.45, 2.75) is 6.04 Å². The van der Waals surface area contributed by atoms with Gasteiger partial charge in [-0.1, -0.05) is 30.0 Å². The van der Waals surface area contributed by atoms with Crippen LogP contribution in [0.25, 0.3) is 0 Å². The first-order chi connectivity index (χ1) is 16.4. The molecule has 1 heterocycles. The highest BCUT2D eigenvalue weighted by Gasteiger charge is 2.23. The van der Waals surface area contributed by atoms with Crippen LogP contribution in [0.5, 0.6) is 0 Å². The van der Waals surface area contributed by atoms with E-state index in [2.05, 4.69) is 27.4 Å². The molecule has 0 aromatic heterocycles. The lowest BCUT2D eigenvalue weighted by Gasteiger charge is -2.31. The van der Waals surface area contributed by atoms with Gasteiger partial charge in [0.2, 0.25) is 5.91 Å². The number of rotatable bonds is 7. The Kier molecular flexibility index (Phi) is 9.17. The van der Waals surface area contributed by atoms with Gasteiger partial charge in [-0.05, 0) is 43.4 Å². The van der Waals surface area contributed by atoms with Gasteiger partial charge < -0.3 is 15.5 Å². The molecular formula is C25H29N5O4. The second-order valence-corrected chi connectivity index (χ2v) is 8.08. The van der Waals surface area contributed by atoms with E-state index in [-0.39, 0.29) is 19.0 Å². The fourth-order valence-corrected chi connectivity index (χ4v) is 3.38. The van der Waals surface area contributed by atoms with Crippen LogP contribution in [0.1, 0.15) is 21.5 Å². The Balaban J connectivity index is 1.53. The Morgan fingerprint density at radius 2 is 1.56 bits per heavy atom. The molecule has 34 heavy (non-hydrogen) atoms. The van der Waals surface area contributed by atoms with Gasteiger partial charge in [-0.15, -0.1) is 0 Å². The van der Waals surface area contributed by atoms with Crippen LogP contribution in [0.15, 0.2) is 54.6 Å². The summed E-state index contributed by atoms with van der Waals surface area (Å²) in [5.41, 5.74) is 3.48. The Labute approximate surface area is 199 Å². The second kappa shape index (κ2) is 12.5. The molecule has 2 aromatic rings. The summed E-state index contributed by atoms with van der Waals surface area (Å²) in [5.74, 6) is 4.49. The van der Waals surface area contributed by atoms with Crippen molar-refractivity contribution in [3.63, 3.8) is 0 Å². The van der Waals surface area contributed by atoms with Gasteiger partial charge in [0.05, 0.1) is 6.54 Å². The number of nitrogens with one attached hydrogen (secondary N) is 3. The molecule has 0 spiro atoms. The van der Waals surface area contributed by atoms with E-state index in [1.165, 1.54) is 5.48 Å². The van der Waals surface area contributed by atoms with E-state index in [9.17, 15) is 14.4 Å². The topological polar surface area (TPSA) is 114 Å². The summed E-state index contributed by atoms with van der Waals surface area (Å²) in [6.45, 7) is 3.40. The maximum Gasteiger partial charge on any atom is 0.267 e. The summed E-state index contributed by atoms with van der Waals surface area (Å²) in [6, 6.07) is 15.0. The van der Waals surface area contributed by atoms with Crippen molar-refractivity contribution in [3.05, 3.63) is 71.3 Å². The van der Waals surface area contributed by atoms with Crippen LogP contribution in [0, 0.1) is 11.8 Å². The molecule has 9 nitrogen and oxygen atoms in total. The normalized spacial score (nSPS) is 14.9. The molecule has 1 saturated heterocycles. The number of carbonyl (C=O) groups excluding carboxylic acids is 3. The molecular weight excluding hydrogens is 434 g/mol. The minimum absolute atomic E-state index is 0.147. The summed E-state index contributed by atoms with van der Waals surface area (Å²) in [6.07, 6.45) is 0. The number of likely N-dealkylation sites (N-methyl/N-ethyl adjacent to an activating group) is 1. The van der Waals surface area contributed by atoms with Crippen molar-refractivity contribution in [1.29, 1.82) is 0 Å². The molecule has 3 amide bonds. The molecule has 2 aromatic carbocycles. The zero-order chi connectivity index (χ0) is 24.3. The first-order valence-corrected chi connectivity index (χ1v) is 11.0. The summed E-state index contributed by atoms with van der Waals surface area (Å²) >= 11 is 0. The van der Waals surface area contributed by atoms with Crippen LogP contribution in [-0.4, -0.2) is 85.1 Å².